The molecule has 176 valence electrons. The average molecular weight is 461 g/mol. The molecule has 4 aromatic rings. The van der Waals surface area contributed by atoms with Gasteiger partial charge in [0, 0.05) is 32.0 Å². The van der Waals surface area contributed by atoms with Crippen LogP contribution < -0.4 is 5.32 Å². The molecule has 7 nitrogen and oxygen atoms in total. The van der Waals surface area contributed by atoms with Crippen LogP contribution in [0.25, 0.3) is 11.0 Å². The van der Waals surface area contributed by atoms with Crippen molar-refractivity contribution in [2.75, 3.05) is 31.5 Å². The zero-order valence-electron chi connectivity index (χ0n) is 19.0. The second-order valence-electron chi connectivity index (χ2n) is 8.79. The monoisotopic (exact) mass is 460 g/mol. The number of benzene rings is 2. The summed E-state index contributed by atoms with van der Waals surface area (Å²) < 4.78 is 15.5. The van der Waals surface area contributed by atoms with E-state index >= 15 is 0 Å². The molecule has 0 spiro atoms. The fraction of sp³-hybridized carbons (Fsp3) is 0.346. The maximum atomic E-state index is 13.4. The van der Waals surface area contributed by atoms with E-state index in [1.165, 1.54) is 12.1 Å². The summed E-state index contributed by atoms with van der Waals surface area (Å²) >= 11 is 0. The van der Waals surface area contributed by atoms with Crippen molar-refractivity contribution in [2.45, 2.75) is 25.5 Å². The second kappa shape index (κ2) is 10.3. The quantitative estimate of drug-likeness (QED) is 0.416. The molecule has 2 aromatic carbocycles. The standard InChI is InChI=1S/C26H29FN6O/c27-21-8-6-19(7-9-21)18-33-23-5-2-1-4-22(23)31-25(33)24(34)20-10-15-32(16-11-20)17-14-30-26-28-12-3-13-29-26/h1-9,12-13,20,24,34H,10-11,14-18H2,(H,28,29,30). The highest BCUT2D eigenvalue weighted by Crippen LogP contribution is 2.32. The van der Waals surface area contributed by atoms with Gasteiger partial charge in [0.2, 0.25) is 5.95 Å². The van der Waals surface area contributed by atoms with Gasteiger partial charge in [0.05, 0.1) is 11.0 Å². The van der Waals surface area contributed by atoms with Crippen LogP contribution in [0.5, 0.6) is 0 Å². The number of nitrogens with zero attached hydrogens (tertiary/aromatic N) is 5. The van der Waals surface area contributed by atoms with Gasteiger partial charge >= 0.3 is 0 Å². The second-order valence-corrected chi connectivity index (χ2v) is 8.79. The Morgan fingerprint density at radius 1 is 1.00 bits per heavy atom. The summed E-state index contributed by atoms with van der Waals surface area (Å²) in [5, 5.41) is 14.6. The Hall–Kier alpha value is -3.36. The van der Waals surface area contributed by atoms with Gasteiger partial charge in [-0.05, 0) is 67.7 Å². The summed E-state index contributed by atoms with van der Waals surface area (Å²) in [6, 6.07) is 16.2. The fourth-order valence-electron chi connectivity index (χ4n) is 4.68. The van der Waals surface area contributed by atoms with E-state index in [-0.39, 0.29) is 11.7 Å². The zero-order chi connectivity index (χ0) is 23.3. The largest absolute Gasteiger partial charge is 0.385 e. The lowest BCUT2D eigenvalue weighted by atomic mass is 9.90. The number of halogens is 1. The molecule has 5 rings (SSSR count). The number of piperidine rings is 1. The molecule has 1 unspecified atom stereocenters. The lowest BCUT2D eigenvalue weighted by Crippen LogP contribution is -2.38. The number of likely N-dealkylation sites (tertiary alicyclic amines) is 1. The van der Waals surface area contributed by atoms with Gasteiger partial charge in [-0.2, -0.15) is 0 Å². The molecule has 0 saturated carbocycles. The molecule has 1 aliphatic rings. The Labute approximate surface area is 198 Å². The third-order valence-electron chi connectivity index (χ3n) is 6.56. The summed E-state index contributed by atoms with van der Waals surface area (Å²) in [6.45, 7) is 4.09. The summed E-state index contributed by atoms with van der Waals surface area (Å²) in [5.41, 5.74) is 2.82. The average Bonchev–Trinajstić information content (AvgIpc) is 3.24. The normalized spacial score (nSPS) is 16.1. The van der Waals surface area contributed by atoms with E-state index in [0.717, 1.165) is 55.6 Å². The van der Waals surface area contributed by atoms with Crippen LogP contribution >= 0.6 is 0 Å². The van der Waals surface area contributed by atoms with E-state index in [9.17, 15) is 9.50 Å². The first-order valence-corrected chi connectivity index (χ1v) is 11.8. The molecule has 2 N–H and O–H groups in total. The van der Waals surface area contributed by atoms with Gasteiger partial charge in [0.15, 0.2) is 0 Å². The number of para-hydroxylation sites is 2. The molecule has 0 radical (unpaired) electrons. The Kier molecular flexibility index (Phi) is 6.78. The molecule has 0 amide bonds. The van der Waals surface area contributed by atoms with Crippen molar-refractivity contribution in [1.82, 2.24) is 24.4 Å². The van der Waals surface area contributed by atoms with E-state index in [1.54, 1.807) is 30.6 Å². The smallest absolute Gasteiger partial charge is 0.222 e. The number of fused-ring (bicyclic) bond motifs is 1. The van der Waals surface area contributed by atoms with Crippen LogP contribution in [0.4, 0.5) is 10.3 Å². The van der Waals surface area contributed by atoms with Crippen molar-refractivity contribution >= 4 is 17.0 Å². The minimum absolute atomic E-state index is 0.144. The summed E-state index contributed by atoms with van der Waals surface area (Å²) in [5.74, 6) is 1.22. The van der Waals surface area contributed by atoms with Crippen LogP contribution in [0.2, 0.25) is 0 Å². The molecule has 1 atom stereocenters. The number of aliphatic hydroxyl groups excluding tert-OH is 1. The van der Waals surface area contributed by atoms with E-state index in [2.05, 4.69) is 24.8 Å². The summed E-state index contributed by atoms with van der Waals surface area (Å²) in [7, 11) is 0. The van der Waals surface area contributed by atoms with E-state index < -0.39 is 6.10 Å². The van der Waals surface area contributed by atoms with Gasteiger partial charge in [-0.3, -0.25) is 0 Å². The van der Waals surface area contributed by atoms with E-state index in [0.29, 0.717) is 18.3 Å². The Morgan fingerprint density at radius 2 is 1.74 bits per heavy atom. The zero-order valence-corrected chi connectivity index (χ0v) is 19.0. The molecule has 8 heteroatoms. The van der Waals surface area contributed by atoms with E-state index in [4.69, 9.17) is 4.98 Å². The molecular formula is C26H29FN6O. The van der Waals surface area contributed by atoms with Crippen LogP contribution in [0, 0.1) is 11.7 Å². The molecule has 1 saturated heterocycles. The van der Waals surface area contributed by atoms with Crippen LogP contribution in [0.15, 0.2) is 67.0 Å². The van der Waals surface area contributed by atoms with Gasteiger partial charge in [-0.25, -0.2) is 19.3 Å². The van der Waals surface area contributed by atoms with Crippen molar-refractivity contribution in [3.8, 4) is 0 Å². The van der Waals surface area contributed by atoms with Crippen LogP contribution in [0.1, 0.15) is 30.3 Å². The van der Waals surface area contributed by atoms with Crippen LogP contribution in [0.3, 0.4) is 0 Å². The Balaban J connectivity index is 1.24. The molecule has 3 heterocycles. The number of hydrogen-bond donors (Lipinski definition) is 2. The first kappa shape index (κ1) is 22.4. The number of imidazole rings is 1. The number of aliphatic hydroxyl groups is 1. The topological polar surface area (TPSA) is 79.1 Å². The number of rotatable bonds is 8. The number of hydrogen-bond acceptors (Lipinski definition) is 6. The van der Waals surface area contributed by atoms with Crippen molar-refractivity contribution < 1.29 is 9.50 Å². The lowest BCUT2D eigenvalue weighted by molar-refractivity contribution is 0.0521. The molecule has 0 aliphatic carbocycles. The van der Waals surface area contributed by atoms with Gasteiger partial charge in [0.1, 0.15) is 17.7 Å². The molecule has 1 aliphatic heterocycles. The minimum Gasteiger partial charge on any atom is -0.385 e. The lowest BCUT2D eigenvalue weighted by Gasteiger charge is -2.34. The molecule has 2 aromatic heterocycles. The van der Waals surface area contributed by atoms with Gasteiger partial charge in [-0.1, -0.05) is 24.3 Å². The van der Waals surface area contributed by atoms with Gasteiger partial charge in [0.25, 0.3) is 0 Å². The first-order chi connectivity index (χ1) is 16.7. The van der Waals surface area contributed by atoms with E-state index in [1.807, 2.05) is 24.3 Å². The molecule has 34 heavy (non-hydrogen) atoms. The van der Waals surface area contributed by atoms with Crippen molar-refractivity contribution in [1.29, 1.82) is 0 Å². The van der Waals surface area contributed by atoms with Crippen LogP contribution in [-0.4, -0.2) is 55.7 Å². The SMILES string of the molecule is OC(c1nc2ccccc2n1Cc1ccc(F)cc1)C1CCN(CCNc2ncccn2)CC1. The number of anilines is 1. The maximum Gasteiger partial charge on any atom is 0.222 e. The highest BCUT2D eigenvalue weighted by molar-refractivity contribution is 5.76. The van der Waals surface area contributed by atoms with Gasteiger partial charge < -0.3 is 19.9 Å². The number of aromatic nitrogens is 4. The highest BCUT2D eigenvalue weighted by Gasteiger charge is 2.30. The first-order valence-electron chi connectivity index (χ1n) is 11.8. The van der Waals surface area contributed by atoms with Crippen molar-refractivity contribution in [3.63, 3.8) is 0 Å². The predicted octanol–water partition coefficient (Wildman–Crippen LogP) is 3.87. The fourth-order valence-corrected chi connectivity index (χ4v) is 4.68. The van der Waals surface area contributed by atoms with Gasteiger partial charge in [-0.15, -0.1) is 0 Å². The van der Waals surface area contributed by atoms with Crippen molar-refractivity contribution in [3.05, 3.63) is 84.2 Å². The third-order valence-corrected chi connectivity index (χ3v) is 6.56. The Bertz CT molecular complexity index is 1210. The van der Waals surface area contributed by atoms with Crippen LogP contribution in [-0.2, 0) is 6.54 Å². The Morgan fingerprint density at radius 3 is 2.50 bits per heavy atom. The summed E-state index contributed by atoms with van der Waals surface area (Å²) in [4.78, 5) is 15.6. The summed E-state index contributed by atoms with van der Waals surface area (Å²) in [6.07, 6.45) is 4.62. The number of nitrogens with one attached hydrogen (secondary N) is 1. The molecule has 1 fully saturated rings. The molecule has 0 bridgehead atoms. The third kappa shape index (κ3) is 5.08. The molecular weight excluding hydrogens is 431 g/mol. The predicted molar refractivity (Wildman–Crippen MR) is 130 cm³/mol. The highest BCUT2D eigenvalue weighted by atomic mass is 19.1. The van der Waals surface area contributed by atoms with Crippen molar-refractivity contribution in [2.24, 2.45) is 5.92 Å². The maximum absolute atomic E-state index is 13.4. The minimum atomic E-state index is -0.647.